The molecule has 0 radical (unpaired) electrons. The van der Waals surface area contributed by atoms with E-state index < -0.39 is 0 Å². The van der Waals surface area contributed by atoms with Gasteiger partial charge in [0.2, 0.25) is 5.91 Å². The average Bonchev–Trinajstić information content (AvgIpc) is 2.77. The van der Waals surface area contributed by atoms with E-state index in [1.807, 2.05) is 37.3 Å². The highest BCUT2D eigenvalue weighted by Gasteiger charge is 2.14. The second-order valence-electron chi connectivity index (χ2n) is 7.69. The topological polar surface area (TPSA) is 86.4 Å². The third-order valence-electron chi connectivity index (χ3n) is 5.18. The number of aryl methyl sites for hydroxylation is 1. The summed E-state index contributed by atoms with van der Waals surface area (Å²) in [4.78, 5) is 47.5. The second-order valence-corrected chi connectivity index (χ2v) is 7.69. The van der Waals surface area contributed by atoms with Gasteiger partial charge >= 0.3 is 0 Å². The Morgan fingerprint density at radius 3 is 2.42 bits per heavy atom. The quantitative estimate of drug-likeness (QED) is 0.607. The number of H-pyrrole nitrogens is 1. The molecular formula is C24H28N4O3. The summed E-state index contributed by atoms with van der Waals surface area (Å²) in [6, 6.07) is 14.6. The van der Waals surface area contributed by atoms with Crippen molar-refractivity contribution < 1.29 is 9.59 Å². The number of carbonyl (C=O) groups is 2. The maximum absolute atomic E-state index is 12.7. The Labute approximate surface area is 181 Å². The molecule has 0 saturated heterocycles. The molecule has 2 aromatic carbocycles. The summed E-state index contributed by atoms with van der Waals surface area (Å²) in [7, 11) is 3.44. The monoisotopic (exact) mass is 420 g/mol. The van der Waals surface area contributed by atoms with Crippen molar-refractivity contribution in [1.82, 2.24) is 19.8 Å². The van der Waals surface area contributed by atoms with E-state index in [0.29, 0.717) is 54.6 Å². The van der Waals surface area contributed by atoms with Gasteiger partial charge in [0.05, 0.1) is 10.9 Å². The van der Waals surface area contributed by atoms with Crippen LogP contribution in [-0.4, -0.2) is 52.2 Å². The highest BCUT2D eigenvalue weighted by Crippen LogP contribution is 2.12. The first-order valence-corrected chi connectivity index (χ1v) is 10.5. The molecule has 1 N–H and O–H groups in total. The number of rotatable bonds is 8. The molecule has 3 aromatic rings. The lowest BCUT2D eigenvalue weighted by Gasteiger charge is -2.21. The summed E-state index contributed by atoms with van der Waals surface area (Å²) in [5.41, 5.74) is 2.11. The SMILES string of the molecule is CCN(Cc1ccc(C(=O)N(C)C)cc1)C(=O)CCCc1nc2ccccc2c(=O)[nH]1. The Hall–Kier alpha value is -3.48. The summed E-state index contributed by atoms with van der Waals surface area (Å²) >= 11 is 0. The van der Waals surface area contributed by atoms with Gasteiger partial charge in [-0.15, -0.1) is 0 Å². The third-order valence-corrected chi connectivity index (χ3v) is 5.18. The van der Waals surface area contributed by atoms with Crippen molar-refractivity contribution in [2.24, 2.45) is 0 Å². The molecule has 3 rings (SSSR count). The zero-order valence-corrected chi connectivity index (χ0v) is 18.2. The summed E-state index contributed by atoms with van der Waals surface area (Å²) in [5, 5.41) is 0.567. The highest BCUT2D eigenvalue weighted by molar-refractivity contribution is 5.93. The molecule has 0 unspecified atom stereocenters. The van der Waals surface area contributed by atoms with Gasteiger partial charge in [0.25, 0.3) is 11.5 Å². The van der Waals surface area contributed by atoms with Crippen LogP contribution in [0.25, 0.3) is 10.9 Å². The zero-order valence-electron chi connectivity index (χ0n) is 18.2. The van der Waals surface area contributed by atoms with Gasteiger partial charge in [0, 0.05) is 45.6 Å². The predicted octanol–water partition coefficient (Wildman–Crippen LogP) is 3.00. The van der Waals surface area contributed by atoms with E-state index in [1.54, 1.807) is 37.2 Å². The van der Waals surface area contributed by atoms with Crippen molar-refractivity contribution in [3.8, 4) is 0 Å². The molecule has 1 aromatic heterocycles. The van der Waals surface area contributed by atoms with Crippen LogP contribution in [-0.2, 0) is 17.8 Å². The van der Waals surface area contributed by atoms with Crippen molar-refractivity contribution in [3.05, 3.63) is 75.8 Å². The number of benzene rings is 2. The first kappa shape index (κ1) is 22.2. The Kier molecular flexibility index (Phi) is 7.18. The molecule has 0 aliphatic carbocycles. The largest absolute Gasteiger partial charge is 0.345 e. The Bertz CT molecular complexity index is 1120. The molecule has 31 heavy (non-hydrogen) atoms. The van der Waals surface area contributed by atoms with Crippen LogP contribution in [0.15, 0.2) is 53.3 Å². The maximum atomic E-state index is 12.7. The second kappa shape index (κ2) is 10.0. The number of amides is 2. The molecule has 0 spiro atoms. The van der Waals surface area contributed by atoms with E-state index in [-0.39, 0.29) is 17.4 Å². The number of hydrogen-bond donors (Lipinski definition) is 1. The van der Waals surface area contributed by atoms with E-state index in [2.05, 4.69) is 9.97 Å². The fourth-order valence-corrected chi connectivity index (χ4v) is 3.43. The van der Waals surface area contributed by atoms with Crippen molar-refractivity contribution >= 4 is 22.7 Å². The lowest BCUT2D eigenvalue weighted by molar-refractivity contribution is -0.131. The number of carbonyl (C=O) groups excluding carboxylic acids is 2. The lowest BCUT2D eigenvalue weighted by atomic mass is 10.1. The highest BCUT2D eigenvalue weighted by atomic mass is 16.2. The summed E-state index contributed by atoms with van der Waals surface area (Å²) < 4.78 is 0. The number of para-hydroxylation sites is 1. The Morgan fingerprint density at radius 2 is 1.74 bits per heavy atom. The molecule has 0 fully saturated rings. The zero-order chi connectivity index (χ0) is 22.4. The molecule has 7 nitrogen and oxygen atoms in total. The minimum Gasteiger partial charge on any atom is -0.345 e. The van der Waals surface area contributed by atoms with Gasteiger partial charge in [-0.25, -0.2) is 4.98 Å². The Balaban J connectivity index is 1.56. The van der Waals surface area contributed by atoms with Crippen LogP contribution in [0, 0.1) is 0 Å². The summed E-state index contributed by atoms with van der Waals surface area (Å²) in [5.74, 6) is 0.607. The molecule has 0 atom stereocenters. The smallest absolute Gasteiger partial charge is 0.258 e. The van der Waals surface area contributed by atoms with Gasteiger partial charge < -0.3 is 14.8 Å². The van der Waals surface area contributed by atoms with Gasteiger partial charge in [-0.05, 0) is 43.2 Å². The van der Waals surface area contributed by atoms with E-state index in [0.717, 1.165) is 5.56 Å². The van der Waals surface area contributed by atoms with E-state index in [1.165, 1.54) is 4.90 Å². The predicted molar refractivity (Wildman–Crippen MR) is 121 cm³/mol. The molecule has 0 bridgehead atoms. The first-order valence-electron chi connectivity index (χ1n) is 10.5. The Morgan fingerprint density at radius 1 is 1.03 bits per heavy atom. The third kappa shape index (κ3) is 5.57. The van der Waals surface area contributed by atoms with Gasteiger partial charge in [0.1, 0.15) is 5.82 Å². The number of nitrogens with zero attached hydrogens (tertiary/aromatic N) is 3. The van der Waals surface area contributed by atoms with Crippen LogP contribution in [0.1, 0.15) is 41.5 Å². The average molecular weight is 421 g/mol. The number of aromatic amines is 1. The van der Waals surface area contributed by atoms with Gasteiger partial charge in [-0.1, -0.05) is 24.3 Å². The van der Waals surface area contributed by atoms with Crippen LogP contribution in [0.3, 0.4) is 0 Å². The minimum atomic E-state index is -0.154. The number of fused-ring (bicyclic) bond motifs is 1. The fraction of sp³-hybridized carbons (Fsp3) is 0.333. The maximum Gasteiger partial charge on any atom is 0.258 e. The molecule has 1 heterocycles. The van der Waals surface area contributed by atoms with E-state index >= 15 is 0 Å². The number of nitrogens with one attached hydrogen (secondary N) is 1. The normalized spacial score (nSPS) is 10.8. The van der Waals surface area contributed by atoms with E-state index in [9.17, 15) is 14.4 Å². The lowest BCUT2D eigenvalue weighted by Crippen LogP contribution is -2.30. The van der Waals surface area contributed by atoms with Crippen LogP contribution in [0.4, 0.5) is 0 Å². The molecule has 0 aliphatic rings. The number of hydrogen-bond acceptors (Lipinski definition) is 4. The van der Waals surface area contributed by atoms with Crippen molar-refractivity contribution in [3.63, 3.8) is 0 Å². The van der Waals surface area contributed by atoms with Crippen LogP contribution >= 0.6 is 0 Å². The van der Waals surface area contributed by atoms with Crippen LogP contribution in [0.5, 0.6) is 0 Å². The standard InChI is InChI=1S/C24H28N4O3/c1-4-28(16-17-12-14-18(15-13-17)24(31)27(2)3)22(29)11-7-10-21-25-20-9-6-5-8-19(20)23(30)26-21/h5-6,8-9,12-15H,4,7,10-11,16H2,1-3H3,(H,25,26,30). The molecule has 2 amide bonds. The van der Waals surface area contributed by atoms with Crippen molar-refractivity contribution in [2.45, 2.75) is 32.7 Å². The first-order chi connectivity index (χ1) is 14.9. The molecule has 0 aliphatic heterocycles. The van der Waals surface area contributed by atoms with Gasteiger partial charge in [0.15, 0.2) is 0 Å². The molecule has 7 heteroatoms. The van der Waals surface area contributed by atoms with Gasteiger partial charge in [-0.2, -0.15) is 0 Å². The van der Waals surface area contributed by atoms with Gasteiger partial charge in [-0.3, -0.25) is 14.4 Å². The van der Waals surface area contributed by atoms with Crippen molar-refractivity contribution in [1.29, 1.82) is 0 Å². The summed E-state index contributed by atoms with van der Waals surface area (Å²) in [6.45, 7) is 3.04. The summed E-state index contributed by atoms with van der Waals surface area (Å²) in [6.07, 6.45) is 1.51. The minimum absolute atomic E-state index is 0.0460. The van der Waals surface area contributed by atoms with E-state index in [4.69, 9.17) is 0 Å². The molecule has 162 valence electrons. The number of aromatic nitrogens is 2. The van der Waals surface area contributed by atoms with Crippen LogP contribution in [0.2, 0.25) is 0 Å². The molecular weight excluding hydrogens is 392 g/mol. The van der Waals surface area contributed by atoms with Crippen molar-refractivity contribution in [2.75, 3.05) is 20.6 Å². The fourth-order valence-electron chi connectivity index (χ4n) is 3.43. The molecule has 0 saturated carbocycles. The van der Waals surface area contributed by atoms with Crippen LogP contribution < -0.4 is 5.56 Å².